The summed E-state index contributed by atoms with van der Waals surface area (Å²) in [5.41, 5.74) is 1.77. The van der Waals surface area contributed by atoms with Gasteiger partial charge in [0.05, 0.1) is 29.8 Å². The number of anilines is 1. The first-order valence-electron chi connectivity index (χ1n) is 6.13. The molecule has 2 atom stereocenters. The van der Waals surface area contributed by atoms with Gasteiger partial charge in [-0.15, -0.1) is 0 Å². The van der Waals surface area contributed by atoms with Crippen molar-refractivity contribution in [2.45, 2.75) is 32.0 Å². The van der Waals surface area contributed by atoms with Crippen LogP contribution in [0.2, 0.25) is 0 Å². The summed E-state index contributed by atoms with van der Waals surface area (Å²) < 4.78 is 5.60. The summed E-state index contributed by atoms with van der Waals surface area (Å²) in [6.45, 7) is 3.51. The third-order valence-corrected chi connectivity index (χ3v) is 3.14. The summed E-state index contributed by atoms with van der Waals surface area (Å²) in [5.74, 6) is 0. The number of hydrogen-bond donors (Lipinski definition) is 1. The van der Waals surface area contributed by atoms with E-state index in [-0.39, 0.29) is 0 Å². The van der Waals surface area contributed by atoms with Crippen LogP contribution in [-0.4, -0.2) is 36.4 Å². The molecule has 2 heterocycles. The van der Waals surface area contributed by atoms with E-state index in [9.17, 15) is 5.11 Å². The predicted molar refractivity (Wildman–Crippen MR) is 67.1 cm³/mol. The predicted octanol–water partition coefficient (Wildman–Crippen LogP) is 1.75. The van der Waals surface area contributed by atoms with Gasteiger partial charge in [-0.1, -0.05) is 0 Å². The Kier molecular flexibility index (Phi) is 3.97. The number of rotatable bonds is 4. The highest BCUT2D eigenvalue weighted by molar-refractivity contribution is 5.43. The Morgan fingerprint density at radius 1 is 1.59 bits per heavy atom. The lowest BCUT2D eigenvalue weighted by atomic mass is 10.2. The van der Waals surface area contributed by atoms with Crippen LogP contribution in [0.15, 0.2) is 18.3 Å². The molecule has 1 N–H and O–H groups in total. The number of pyridine rings is 1. The van der Waals surface area contributed by atoms with Crippen LogP contribution in [0.5, 0.6) is 0 Å². The van der Waals surface area contributed by atoms with E-state index in [0.29, 0.717) is 11.8 Å². The van der Waals surface area contributed by atoms with E-state index in [0.717, 1.165) is 31.7 Å². The first-order chi connectivity index (χ1) is 8.16. The van der Waals surface area contributed by atoms with Crippen LogP contribution in [0.4, 0.5) is 5.69 Å². The van der Waals surface area contributed by atoms with Gasteiger partial charge in [-0.3, -0.25) is 4.98 Å². The summed E-state index contributed by atoms with van der Waals surface area (Å²) in [6.07, 6.45) is 3.95. The van der Waals surface area contributed by atoms with Gasteiger partial charge >= 0.3 is 0 Å². The number of aliphatic hydroxyl groups excluding tert-OH is 1. The van der Waals surface area contributed by atoms with E-state index in [1.54, 1.807) is 13.1 Å². The smallest absolute Gasteiger partial charge is 0.0931 e. The molecule has 4 nitrogen and oxygen atoms in total. The molecular formula is C13H20N2O2. The first kappa shape index (κ1) is 12.3. The fraction of sp³-hybridized carbons (Fsp3) is 0.615. The summed E-state index contributed by atoms with van der Waals surface area (Å²) in [7, 11) is 2.04. The zero-order valence-corrected chi connectivity index (χ0v) is 10.5. The molecule has 17 heavy (non-hydrogen) atoms. The summed E-state index contributed by atoms with van der Waals surface area (Å²) in [6, 6.07) is 3.86. The first-order valence-corrected chi connectivity index (χ1v) is 6.13. The molecular weight excluding hydrogens is 216 g/mol. The van der Waals surface area contributed by atoms with Gasteiger partial charge in [0.25, 0.3) is 0 Å². The quantitative estimate of drug-likeness (QED) is 0.865. The Hall–Kier alpha value is -1.13. The van der Waals surface area contributed by atoms with Crippen molar-refractivity contribution in [1.29, 1.82) is 0 Å². The third-order valence-electron chi connectivity index (χ3n) is 3.14. The average molecular weight is 236 g/mol. The Labute approximate surface area is 102 Å². The van der Waals surface area contributed by atoms with Gasteiger partial charge in [-0.2, -0.15) is 0 Å². The Morgan fingerprint density at radius 3 is 2.94 bits per heavy atom. The average Bonchev–Trinajstić information content (AvgIpc) is 2.82. The van der Waals surface area contributed by atoms with E-state index in [1.165, 1.54) is 0 Å². The van der Waals surface area contributed by atoms with Crippen molar-refractivity contribution in [2.75, 3.05) is 25.1 Å². The normalized spacial score (nSPS) is 21.5. The zero-order valence-electron chi connectivity index (χ0n) is 10.5. The fourth-order valence-electron chi connectivity index (χ4n) is 2.07. The third kappa shape index (κ3) is 3.17. The van der Waals surface area contributed by atoms with Gasteiger partial charge in [-0.25, -0.2) is 0 Å². The molecule has 0 spiro atoms. The van der Waals surface area contributed by atoms with Crippen LogP contribution in [0.1, 0.15) is 31.6 Å². The molecule has 1 unspecified atom stereocenters. The molecule has 1 fully saturated rings. The second-order valence-electron chi connectivity index (χ2n) is 4.63. The molecule has 1 aromatic rings. The lowest BCUT2D eigenvalue weighted by Crippen LogP contribution is -2.28. The van der Waals surface area contributed by atoms with Crippen LogP contribution in [-0.2, 0) is 4.74 Å². The molecule has 1 aliphatic heterocycles. The molecule has 0 aromatic carbocycles. The fourth-order valence-corrected chi connectivity index (χ4v) is 2.07. The van der Waals surface area contributed by atoms with Crippen LogP contribution in [0.25, 0.3) is 0 Å². The zero-order chi connectivity index (χ0) is 12.3. The van der Waals surface area contributed by atoms with Crippen LogP contribution in [0, 0.1) is 0 Å². The largest absolute Gasteiger partial charge is 0.387 e. The molecule has 4 heteroatoms. The Morgan fingerprint density at radius 2 is 2.41 bits per heavy atom. The monoisotopic (exact) mass is 236 g/mol. The molecule has 0 bridgehead atoms. The maximum absolute atomic E-state index is 9.39. The minimum atomic E-state index is -0.507. The van der Waals surface area contributed by atoms with Gasteiger partial charge in [0.15, 0.2) is 0 Å². The lowest BCUT2D eigenvalue weighted by molar-refractivity contribution is 0.116. The second kappa shape index (κ2) is 5.47. The minimum Gasteiger partial charge on any atom is -0.387 e. The SMILES string of the molecule is C[C@@H](O)c1ccc(N(C)CC2CCCO2)cn1. The van der Waals surface area contributed by atoms with Crippen molar-refractivity contribution >= 4 is 5.69 Å². The molecule has 0 saturated carbocycles. The van der Waals surface area contributed by atoms with E-state index in [2.05, 4.69) is 9.88 Å². The highest BCUT2D eigenvalue weighted by Crippen LogP contribution is 2.18. The highest BCUT2D eigenvalue weighted by Gasteiger charge is 2.17. The lowest BCUT2D eigenvalue weighted by Gasteiger charge is -2.22. The molecule has 0 amide bonds. The van der Waals surface area contributed by atoms with E-state index < -0.39 is 6.10 Å². The van der Waals surface area contributed by atoms with Gasteiger partial charge in [0.2, 0.25) is 0 Å². The maximum Gasteiger partial charge on any atom is 0.0931 e. The number of likely N-dealkylation sites (N-methyl/N-ethyl adjacent to an activating group) is 1. The summed E-state index contributed by atoms with van der Waals surface area (Å²) in [4.78, 5) is 6.39. The molecule has 0 radical (unpaired) electrons. The summed E-state index contributed by atoms with van der Waals surface area (Å²) in [5, 5.41) is 9.39. The Bertz CT molecular complexity index is 345. The van der Waals surface area contributed by atoms with E-state index in [4.69, 9.17) is 4.74 Å². The van der Waals surface area contributed by atoms with Crippen molar-refractivity contribution in [3.8, 4) is 0 Å². The standard InChI is InChI=1S/C13H20N2O2/c1-10(16)13-6-5-11(8-14-13)15(2)9-12-4-3-7-17-12/h5-6,8,10,12,16H,3-4,7,9H2,1-2H3/t10-,12?/m1/s1. The molecule has 2 rings (SSSR count). The van der Waals surface area contributed by atoms with Crippen LogP contribution >= 0.6 is 0 Å². The van der Waals surface area contributed by atoms with Gasteiger partial charge in [-0.05, 0) is 31.9 Å². The Balaban J connectivity index is 1.96. The number of ether oxygens (including phenoxy) is 1. The molecule has 0 aliphatic carbocycles. The van der Waals surface area contributed by atoms with E-state index in [1.807, 2.05) is 19.2 Å². The van der Waals surface area contributed by atoms with Crippen molar-refractivity contribution in [1.82, 2.24) is 4.98 Å². The molecule has 1 saturated heterocycles. The maximum atomic E-state index is 9.39. The molecule has 1 aliphatic rings. The van der Waals surface area contributed by atoms with Gasteiger partial charge < -0.3 is 14.7 Å². The molecule has 1 aromatic heterocycles. The van der Waals surface area contributed by atoms with Crippen molar-refractivity contribution in [3.63, 3.8) is 0 Å². The molecule has 94 valence electrons. The number of nitrogens with zero attached hydrogens (tertiary/aromatic N) is 2. The van der Waals surface area contributed by atoms with Crippen molar-refractivity contribution in [2.24, 2.45) is 0 Å². The van der Waals surface area contributed by atoms with Crippen LogP contribution < -0.4 is 4.90 Å². The summed E-state index contributed by atoms with van der Waals surface area (Å²) >= 11 is 0. The van der Waals surface area contributed by atoms with Gasteiger partial charge in [0.1, 0.15) is 0 Å². The highest BCUT2D eigenvalue weighted by atomic mass is 16.5. The number of aliphatic hydroxyl groups is 1. The van der Waals surface area contributed by atoms with Crippen molar-refractivity contribution < 1.29 is 9.84 Å². The van der Waals surface area contributed by atoms with Crippen molar-refractivity contribution in [3.05, 3.63) is 24.0 Å². The van der Waals surface area contributed by atoms with Crippen LogP contribution in [0.3, 0.4) is 0 Å². The topological polar surface area (TPSA) is 45.6 Å². The van der Waals surface area contributed by atoms with Gasteiger partial charge in [0, 0.05) is 20.2 Å². The minimum absolute atomic E-state index is 0.344. The second-order valence-corrected chi connectivity index (χ2v) is 4.63. The van der Waals surface area contributed by atoms with E-state index >= 15 is 0 Å². The number of aromatic nitrogens is 1. The number of hydrogen-bond acceptors (Lipinski definition) is 4.